The number of benzene rings is 1. The molecule has 25 heavy (non-hydrogen) atoms. The number of rotatable bonds is 3. The molecule has 2 aliphatic rings. The Hall–Kier alpha value is -2.06. The maximum absolute atomic E-state index is 12.2. The van der Waals surface area contributed by atoms with Crippen LogP contribution in [0, 0.1) is 0 Å². The van der Waals surface area contributed by atoms with E-state index in [0.29, 0.717) is 12.2 Å². The molecule has 0 radical (unpaired) electrons. The zero-order valence-corrected chi connectivity index (χ0v) is 14.9. The number of anilines is 1. The second-order valence-electron chi connectivity index (χ2n) is 7.54. The maximum atomic E-state index is 12.2. The van der Waals surface area contributed by atoms with E-state index >= 15 is 0 Å². The summed E-state index contributed by atoms with van der Waals surface area (Å²) in [6.45, 7) is 8.27. The molecule has 1 aromatic carbocycles. The Labute approximate surface area is 147 Å². The van der Waals surface area contributed by atoms with Crippen LogP contribution < -0.4 is 15.7 Å². The lowest BCUT2D eigenvalue weighted by molar-refractivity contribution is -0.117. The molecular formula is C17H23BN2O5. The lowest BCUT2D eigenvalue weighted by Crippen LogP contribution is -2.41. The fraction of sp³-hybridized carbons (Fsp3) is 0.529. The summed E-state index contributed by atoms with van der Waals surface area (Å²) in [5.74, 6) is -0.107. The van der Waals surface area contributed by atoms with Crippen LogP contribution in [0.2, 0.25) is 0 Å². The standard InChI is InChI=1S/C17H23BN2O5/c1-16(2)17(3,4)25-18(24-16)11-6-5-7-13(8-11)20-10-12(9-14(20)21)19-15(22)23/h5-8,12,19H,9-10H2,1-4H3,(H,22,23)/t12-/m0/s1. The van der Waals surface area contributed by atoms with Crippen molar-refractivity contribution in [2.24, 2.45) is 0 Å². The number of nitrogens with one attached hydrogen (secondary N) is 1. The molecule has 0 aliphatic carbocycles. The van der Waals surface area contributed by atoms with Crippen LogP contribution in [0.15, 0.2) is 24.3 Å². The van der Waals surface area contributed by atoms with Gasteiger partial charge in [-0.2, -0.15) is 0 Å². The van der Waals surface area contributed by atoms with Crippen LogP contribution in [-0.2, 0) is 14.1 Å². The van der Waals surface area contributed by atoms with Crippen LogP contribution in [0.4, 0.5) is 10.5 Å². The summed E-state index contributed by atoms with van der Waals surface area (Å²) in [7, 11) is -0.504. The van der Waals surface area contributed by atoms with Gasteiger partial charge in [0, 0.05) is 18.7 Å². The number of hydrogen-bond acceptors (Lipinski definition) is 4. The van der Waals surface area contributed by atoms with Gasteiger partial charge in [0.2, 0.25) is 5.91 Å². The highest BCUT2D eigenvalue weighted by Crippen LogP contribution is 2.36. The first-order valence-corrected chi connectivity index (χ1v) is 8.34. The zero-order valence-electron chi connectivity index (χ0n) is 14.9. The van der Waals surface area contributed by atoms with E-state index in [4.69, 9.17) is 14.4 Å². The Kier molecular flexibility index (Phi) is 4.29. The Balaban J connectivity index is 1.79. The molecule has 3 rings (SSSR count). The summed E-state index contributed by atoms with van der Waals surface area (Å²) in [4.78, 5) is 24.6. The summed E-state index contributed by atoms with van der Waals surface area (Å²) >= 11 is 0. The molecule has 0 unspecified atom stereocenters. The minimum absolute atomic E-state index is 0.107. The Morgan fingerprint density at radius 2 is 1.92 bits per heavy atom. The Morgan fingerprint density at radius 1 is 1.28 bits per heavy atom. The van der Waals surface area contributed by atoms with Crippen LogP contribution in [0.5, 0.6) is 0 Å². The molecule has 1 aromatic rings. The van der Waals surface area contributed by atoms with E-state index < -0.39 is 30.5 Å². The summed E-state index contributed by atoms with van der Waals surface area (Å²) in [5.41, 5.74) is 0.673. The van der Waals surface area contributed by atoms with E-state index in [1.54, 1.807) is 4.90 Å². The van der Waals surface area contributed by atoms with Crippen molar-refractivity contribution in [3.05, 3.63) is 24.3 Å². The summed E-state index contributed by atoms with van der Waals surface area (Å²) in [6.07, 6.45) is -0.960. The van der Waals surface area contributed by atoms with Crippen molar-refractivity contribution in [3.63, 3.8) is 0 Å². The predicted molar refractivity (Wildman–Crippen MR) is 94.1 cm³/mol. The first-order chi connectivity index (χ1) is 11.6. The highest BCUT2D eigenvalue weighted by molar-refractivity contribution is 6.62. The van der Waals surface area contributed by atoms with Crippen molar-refractivity contribution in [1.82, 2.24) is 5.32 Å². The van der Waals surface area contributed by atoms with Gasteiger partial charge in [0.25, 0.3) is 0 Å². The fourth-order valence-corrected chi connectivity index (χ4v) is 3.05. The minimum atomic E-state index is -1.12. The molecule has 0 saturated carbocycles. The van der Waals surface area contributed by atoms with E-state index in [1.807, 2.05) is 52.0 Å². The second-order valence-corrected chi connectivity index (χ2v) is 7.54. The topological polar surface area (TPSA) is 88.1 Å². The number of hydrogen-bond donors (Lipinski definition) is 2. The third kappa shape index (κ3) is 3.36. The summed E-state index contributed by atoms with van der Waals surface area (Å²) < 4.78 is 12.1. The molecule has 7 nitrogen and oxygen atoms in total. The van der Waals surface area contributed by atoms with Gasteiger partial charge >= 0.3 is 13.2 Å². The quantitative estimate of drug-likeness (QED) is 0.807. The monoisotopic (exact) mass is 346 g/mol. The van der Waals surface area contributed by atoms with E-state index in [-0.39, 0.29) is 12.3 Å². The number of carboxylic acid groups (broad SMARTS) is 1. The normalized spacial score (nSPS) is 24.6. The highest BCUT2D eigenvalue weighted by Gasteiger charge is 2.51. The molecule has 2 saturated heterocycles. The van der Waals surface area contributed by atoms with Gasteiger partial charge in [-0.25, -0.2) is 4.79 Å². The highest BCUT2D eigenvalue weighted by atomic mass is 16.7. The average molecular weight is 346 g/mol. The van der Waals surface area contributed by atoms with E-state index in [9.17, 15) is 9.59 Å². The lowest BCUT2D eigenvalue weighted by Gasteiger charge is -2.32. The molecule has 1 atom stereocenters. The molecule has 0 spiro atoms. The van der Waals surface area contributed by atoms with Gasteiger partial charge in [0.05, 0.1) is 17.2 Å². The lowest BCUT2D eigenvalue weighted by atomic mass is 9.79. The number of amides is 2. The van der Waals surface area contributed by atoms with Crippen molar-refractivity contribution < 1.29 is 24.0 Å². The van der Waals surface area contributed by atoms with Crippen LogP contribution in [0.3, 0.4) is 0 Å². The van der Waals surface area contributed by atoms with Crippen molar-refractivity contribution in [1.29, 1.82) is 0 Å². The first-order valence-electron chi connectivity index (χ1n) is 8.34. The smallest absolute Gasteiger partial charge is 0.465 e. The van der Waals surface area contributed by atoms with Gasteiger partial charge in [-0.3, -0.25) is 4.79 Å². The van der Waals surface area contributed by atoms with Gasteiger partial charge in [0.1, 0.15) is 0 Å². The van der Waals surface area contributed by atoms with E-state index in [0.717, 1.165) is 5.46 Å². The van der Waals surface area contributed by atoms with Crippen LogP contribution in [-0.4, -0.2) is 48.0 Å². The molecule has 2 heterocycles. The van der Waals surface area contributed by atoms with E-state index in [2.05, 4.69) is 5.32 Å². The molecule has 2 N–H and O–H groups in total. The summed E-state index contributed by atoms with van der Waals surface area (Å²) in [6, 6.07) is 7.05. The molecule has 2 amide bonds. The molecular weight excluding hydrogens is 323 g/mol. The Bertz CT molecular complexity index is 690. The van der Waals surface area contributed by atoms with Gasteiger partial charge in [-0.1, -0.05) is 12.1 Å². The maximum Gasteiger partial charge on any atom is 0.494 e. The van der Waals surface area contributed by atoms with Crippen LogP contribution in [0.1, 0.15) is 34.1 Å². The van der Waals surface area contributed by atoms with Gasteiger partial charge in [0.15, 0.2) is 0 Å². The van der Waals surface area contributed by atoms with Crippen molar-refractivity contribution >= 4 is 30.3 Å². The van der Waals surface area contributed by atoms with Crippen molar-refractivity contribution in [3.8, 4) is 0 Å². The predicted octanol–water partition coefficient (Wildman–Crippen LogP) is 1.36. The average Bonchev–Trinajstić information content (AvgIpc) is 2.95. The summed E-state index contributed by atoms with van der Waals surface area (Å²) in [5, 5.41) is 11.2. The third-order valence-electron chi connectivity index (χ3n) is 5.16. The molecule has 2 fully saturated rings. The first kappa shape index (κ1) is 17.8. The zero-order chi connectivity index (χ0) is 18.4. The fourth-order valence-electron chi connectivity index (χ4n) is 3.05. The molecule has 2 aliphatic heterocycles. The van der Waals surface area contributed by atoms with Gasteiger partial charge < -0.3 is 24.6 Å². The largest absolute Gasteiger partial charge is 0.494 e. The number of nitrogens with zero attached hydrogens (tertiary/aromatic N) is 1. The van der Waals surface area contributed by atoms with Crippen molar-refractivity contribution in [2.75, 3.05) is 11.4 Å². The number of carbonyl (C=O) groups is 2. The third-order valence-corrected chi connectivity index (χ3v) is 5.16. The molecule has 0 bridgehead atoms. The Morgan fingerprint density at radius 3 is 2.52 bits per heavy atom. The van der Waals surface area contributed by atoms with Gasteiger partial charge in [-0.15, -0.1) is 0 Å². The molecule has 8 heteroatoms. The molecule has 134 valence electrons. The van der Waals surface area contributed by atoms with Crippen molar-refractivity contribution in [2.45, 2.75) is 51.4 Å². The minimum Gasteiger partial charge on any atom is -0.465 e. The van der Waals surface area contributed by atoms with Gasteiger partial charge in [-0.05, 0) is 45.3 Å². The van der Waals surface area contributed by atoms with Crippen LogP contribution >= 0.6 is 0 Å². The second kappa shape index (κ2) is 6.03. The van der Waals surface area contributed by atoms with E-state index in [1.165, 1.54) is 0 Å². The SMILES string of the molecule is CC1(C)OB(c2cccc(N3C[C@@H](NC(=O)O)CC3=O)c2)OC1(C)C. The van der Waals surface area contributed by atoms with Crippen LogP contribution in [0.25, 0.3) is 0 Å². The number of carbonyl (C=O) groups excluding carboxylic acids is 1. The molecule has 0 aromatic heterocycles.